The topological polar surface area (TPSA) is 9.23 Å². The van der Waals surface area contributed by atoms with Gasteiger partial charge < -0.3 is 4.74 Å². The van der Waals surface area contributed by atoms with E-state index >= 15 is 0 Å². The van der Waals surface area contributed by atoms with Crippen molar-refractivity contribution in [3.8, 4) is 0 Å². The fraction of sp³-hybridized carbons (Fsp3) is 0.333. The van der Waals surface area contributed by atoms with Crippen molar-refractivity contribution < 1.29 is 4.74 Å². The minimum absolute atomic E-state index is 0.748. The summed E-state index contributed by atoms with van der Waals surface area (Å²) < 4.78 is 5.84. The maximum Gasteiger partial charge on any atom is 0.127 e. The molecule has 0 heterocycles. The molecule has 0 aliphatic rings. The quantitative estimate of drug-likeness (QED) is 0.428. The fourth-order valence-electron chi connectivity index (χ4n) is 1.13. The lowest BCUT2D eigenvalue weighted by atomic mass is 10.1. The Morgan fingerprint density at radius 1 is 0.947 bits per heavy atom. The van der Waals surface area contributed by atoms with E-state index in [0.717, 1.165) is 22.7 Å². The minimum atomic E-state index is 0.748. The van der Waals surface area contributed by atoms with Gasteiger partial charge in [-0.25, -0.2) is 0 Å². The third-order valence-electron chi connectivity index (χ3n) is 2.90. The van der Waals surface area contributed by atoms with Gasteiger partial charge in [0, 0.05) is 0 Å². The summed E-state index contributed by atoms with van der Waals surface area (Å²) in [5.41, 5.74) is 4.59. The largest absolute Gasteiger partial charge is 0.458 e. The molecule has 0 aliphatic carbocycles. The summed E-state index contributed by atoms with van der Waals surface area (Å²) >= 11 is 0. The van der Waals surface area contributed by atoms with Gasteiger partial charge >= 0.3 is 0 Å². The summed E-state index contributed by atoms with van der Waals surface area (Å²) in [6.07, 6.45) is 7.63. The van der Waals surface area contributed by atoms with Crippen LogP contribution in [0.3, 0.4) is 0 Å². The number of allylic oxidation sites excluding steroid dienone is 8. The van der Waals surface area contributed by atoms with E-state index in [1.54, 1.807) is 6.08 Å². The first kappa shape index (κ1) is 17.2. The van der Waals surface area contributed by atoms with Crippen LogP contribution < -0.4 is 0 Å². The highest BCUT2D eigenvalue weighted by molar-refractivity contribution is 5.33. The van der Waals surface area contributed by atoms with Crippen molar-refractivity contribution in [2.45, 2.75) is 41.5 Å². The van der Waals surface area contributed by atoms with Crippen LogP contribution in [0.5, 0.6) is 0 Å². The maximum atomic E-state index is 5.84. The Morgan fingerprint density at radius 3 is 1.89 bits per heavy atom. The average molecular weight is 258 g/mol. The lowest BCUT2D eigenvalue weighted by Gasteiger charge is -2.09. The molecule has 0 fully saturated rings. The van der Waals surface area contributed by atoms with Crippen LogP contribution in [0.25, 0.3) is 0 Å². The van der Waals surface area contributed by atoms with Gasteiger partial charge in [-0.05, 0) is 77.0 Å². The Balaban J connectivity index is 5.18. The van der Waals surface area contributed by atoms with Crippen LogP contribution in [0.15, 0.2) is 71.3 Å². The van der Waals surface area contributed by atoms with Gasteiger partial charge in [0.25, 0.3) is 0 Å². The molecule has 0 bridgehead atoms. The molecule has 0 aromatic rings. The number of rotatable bonds is 6. The normalized spacial score (nSPS) is 13.1. The minimum Gasteiger partial charge on any atom is -0.458 e. The maximum absolute atomic E-state index is 5.84. The smallest absolute Gasteiger partial charge is 0.127 e. The molecule has 0 radical (unpaired) electrons. The fourth-order valence-corrected chi connectivity index (χ4v) is 1.13. The predicted octanol–water partition coefficient (Wildman–Crippen LogP) is 5.86. The van der Waals surface area contributed by atoms with Crippen LogP contribution in [0.2, 0.25) is 0 Å². The molecule has 0 unspecified atom stereocenters. The molecule has 0 N–H and O–H groups in total. The van der Waals surface area contributed by atoms with Crippen molar-refractivity contribution in [2.75, 3.05) is 0 Å². The van der Waals surface area contributed by atoms with Crippen LogP contribution in [0.1, 0.15) is 41.5 Å². The molecule has 19 heavy (non-hydrogen) atoms. The standard InChI is InChI=1S/C18H26O/c1-9-17(11-15(7)13(3)4)19-18(10-2)12-16(8)14(5)6/h9-12H,1,5H2,2-4,6-8H3/b16-12-,17-11+,18-10+. The van der Waals surface area contributed by atoms with Gasteiger partial charge in [0.15, 0.2) is 0 Å². The molecular formula is C18H26O. The molecule has 0 saturated carbocycles. The van der Waals surface area contributed by atoms with Crippen molar-refractivity contribution >= 4 is 0 Å². The second-order valence-corrected chi connectivity index (χ2v) is 4.83. The molecule has 0 aliphatic heterocycles. The first-order chi connectivity index (χ1) is 8.81. The first-order valence-corrected chi connectivity index (χ1v) is 6.48. The zero-order chi connectivity index (χ0) is 15.0. The Morgan fingerprint density at radius 2 is 1.53 bits per heavy atom. The van der Waals surface area contributed by atoms with E-state index in [1.165, 1.54) is 11.1 Å². The lowest BCUT2D eigenvalue weighted by Crippen LogP contribution is -1.91. The lowest BCUT2D eigenvalue weighted by molar-refractivity contribution is 0.335. The SMILES string of the molecule is C=C/C(=C\C(C)=C(C)C)OC(/C=C(/C)C(=C)C)=C/C. The molecule has 104 valence electrons. The van der Waals surface area contributed by atoms with Gasteiger partial charge in [-0.2, -0.15) is 0 Å². The van der Waals surface area contributed by atoms with E-state index in [1.807, 2.05) is 39.0 Å². The molecule has 1 heteroatoms. The van der Waals surface area contributed by atoms with Gasteiger partial charge in [0.1, 0.15) is 11.5 Å². The number of hydrogen-bond donors (Lipinski definition) is 0. The Labute approximate surface area is 118 Å². The van der Waals surface area contributed by atoms with Gasteiger partial charge in [0.2, 0.25) is 0 Å². The molecule has 0 rings (SSSR count). The second kappa shape index (κ2) is 8.36. The van der Waals surface area contributed by atoms with E-state index in [9.17, 15) is 0 Å². The molecule has 0 spiro atoms. The highest BCUT2D eigenvalue weighted by Crippen LogP contribution is 2.16. The van der Waals surface area contributed by atoms with E-state index < -0.39 is 0 Å². The average Bonchev–Trinajstić information content (AvgIpc) is 2.35. The Hall–Kier alpha value is -1.76. The van der Waals surface area contributed by atoms with Crippen molar-refractivity contribution in [3.63, 3.8) is 0 Å². The molecule has 0 aromatic heterocycles. The van der Waals surface area contributed by atoms with Crippen LogP contribution in [0, 0.1) is 0 Å². The predicted molar refractivity (Wildman–Crippen MR) is 85.7 cm³/mol. The summed E-state index contributed by atoms with van der Waals surface area (Å²) in [4.78, 5) is 0. The van der Waals surface area contributed by atoms with Crippen LogP contribution in [-0.4, -0.2) is 0 Å². The number of ether oxygens (including phenoxy) is 1. The van der Waals surface area contributed by atoms with E-state index in [4.69, 9.17) is 4.74 Å². The summed E-state index contributed by atoms with van der Waals surface area (Å²) in [6.45, 7) is 19.9. The number of hydrogen-bond acceptors (Lipinski definition) is 1. The van der Waals surface area contributed by atoms with Gasteiger partial charge in [0.05, 0.1) is 0 Å². The van der Waals surface area contributed by atoms with E-state index in [-0.39, 0.29) is 0 Å². The summed E-state index contributed by atoms with van der Waals surface area (Å²) in [5, 5.41) is 0. The van der Waals surface area contributed by atoms with E-state index in [2.05, 4.69) is 33.9 Å². The van der Waals surface area contributed by atoms with Crippen LogP contribution in [0.4, 0.5) is 0 Å². The summed E-state index contributed by atoms with van der Waals surface area (Å²) in [6, 6.07) is 0. The molecule has 0 aromatic carbocycles. The van der Waals surface area contributed by atoms with Crippen LogP contribution in [-0.2, 0) is 4.74 Å². The highest BCUT2D eigenvalue weighted by atomic mass is 16.5. The molecule has 1 nitrogen and oxygen atoms in total. The highest BCUT2D eigenvalue weighted by Gasteiger charge is 2.00. The van der Waals surface area contributed by atoms with Crippen molar-refractivity contribution in [2.24, 2.45) is 0 Å². The molecule has 0 atom stereocenters. The molecule has 0 amide bonds. The third kappa shape index (κ3) is 6.66. The van der Waals surface area contributed by atoms with Gasteiger partial charge in [-0.1, -0.05) is 24.3 Å². The van der Waals surface area contributed by atoms with Crippen molar-refractivity contribution in [1.29, 1.82) is 0 Å². The van der Waals surface area contributed by atoms with Crippen LogP contribution >= 0.6 is 0 Å². The van der Waals surface area contributed by atoms with Gasteiger partial charge in [-0.15, -0.1) is 0 Å². The summed E-state index contributed by atoms with van der Waals surface area (Å²) in [5.74, 6) is 1.55. The second-order valence-electron chi connectivity index (χ2n) is 4.83. The first-order valence-electron chi connectivity index (χ1n) is 6.48. The third-order valence-corrected chi connectivity index (χ3v) is 2.90. The molecule has 0 saturated heterocycles. The van der Waals surface area contributed by atoms with Gasteiger partial charge in [-0.3, -0.25) is 0 Å². The Kier molecular flexibility index (Phi) is 7.59. The monoisotopic (exact) mass is 258 g/mol. The van der Waals surface area contributed by atoms with E-state index in [0.29, 0.717) is 0 Å². The van der Waals surface area contributed by atoms with Crippen molar-refractivity contribution in [1.82, 2.24) is 0 Å². The molecular weight excluding hydrogens is 232 g/mol. The Bertz CT molecular complexity index is 464. The van der Waals surface area contributed by atoms with Crippen molar-refractivity contribution in [3.05, 3.63) is 71.3 Å². The summed E-state index contributed by atoms with van der Waals surface area (Å²) in [7, 11) is 0. The zero-order valence-electron chi connectivity index (χ0n) is 13.1. The zero-order valence-corrected chi connectivity index (χ0v) is 13.1.